The van der Waals surface area contributed by atoms with E-state index in [0.29, 0.717) is 0 Å². The summed E-state index contributed by atoms with van der Waals surface area (Å²) in [5.41, 5.74) is 10.1. The van der Waals surface area contributed by atoms with Crippen LogP contribution in [0.1, 0.15) is 10.4 Å². The molecule has 0 aliphatic carbocycles. The summed E-state index contributed by atoms with van der Waals surface area (Å²) in [6.07, 6.45) is 0. The van der Waals surface area contributed by atoms with E-state index in [1.54, 1.807) is 0 Å². The number of hydrogen-bond acceptors (Lipinski definition) is 3. The topological polar surface area (TPSA) is 142 Å². The van der Waals surface area contributed by atoms with Crippen molar-refractivity contribution in [1.82, 2.24) is 0 Å². The van der Waals surface area contributed by atoms with Crippen LogP contribution in [-0.4, -0.2) is 20.3 Å². The molecule has 0 aliphatic heterocycles. The van der Waals surface area contributed by atoms with Crippen molar-refractivity contribution in [3.8, 4) is 0 Å². The first-order valence-corrected chi connectivity index (χ1v) is 5.62. The largest absolute Gasteiger partial charge is 0.370 e. The minimum absolute atomic E-state index is 0.0416. The van der Waals surface area contributed by atoms with Gasteiger partial charge in [-0.3, -0.25) is 4.79 Å². The lowest BCUT2D eigenvalue weighted by Gasteiger charge is -2.00. The second-order valence-corrected chi connectivity index (χ2v) is 4.48. The van der Waals surface area contributed by atoms with Gasteiger partial charge in [0.05, 0.1) is 4.90 Å². The molecule has 0 saturated heterocycles. The van der Waals surface area contributed by atoms with Crippen molar-refractivity contribution in [2.45, 2.75) is 4.90 Å². The van der Waals surface area contributed by atoms with Crippen LogP contribution in [0.15, 0.2) is 34.2 Å². The van der Waals surface area contributed by atoms with Crippen molar-refractivity contribution in [2.75, 3.05) is 0 Å². The fraction of sp³-hybridized carbons (Fsp3) is 0. The predicted molar refractivity (Wildman–Crippen MR) is 58.0 cm³/mol. The molecule has 1 rings (SSSR count). The van der Waals surface area contributed by atoms with Crippen molar-refractivity contribution < 1.29 is 13.2 Å². The molecular formula is C8H10N4O3S. The van der Waals surface area contributed by atoms with E-state index in [-0.39, 0.29) is 10.5 Å². The number of carbonyl (C=O) groups is 1. The van der Waals surface area contributed by atoms with Crippen LogP contribution in [0.5, 0.6) is 0 Å². The smallest absolute Gasteiger partial charge is 0.280 e. The van der Waals surface area contributed by atoms with Crippen LogP contribution < -0.4 is 16.6 Å². The molecule has 86 valence electrons. The van der Waals surface area contributed by atoms with E-state index in [2.05, 4.69) is 4.99 Å². The minimum Gasteiger partial charge on any atom is -0.370 e. The van der Waals surface area contributed by atoms with Crippen LogP contribution in [0.4, 0.5) is 0 Å². The molecule has 0 aromatic heterocycles. The van der Waals surface area contributed by atoms with Gasteiger partial charge in [-0.1, -0.05) is 6.07 Å². The van der Waals surface area contributed by atoms with E-state index < -0.39 is 21.9 Å². The van der Waals surface area contributed by atoms with Gasteiger partial charge < -0.3 is 11.5 Å². The van der Waals surface area contributed by atoms with Crippen molar-refractivity contribution in [3.05, 3.63) is 29.8 Å². The van der Waals surface area contributed by atoms with Gasteiger partial charge in [-0.05, 0) is 18.2 Å². The maximum Gasteiger partial charge on any atom is 0.280 e. The summed E-state index contributed by atoms with van der Waals surface area (Å²) < 4.78 is 22.0. The maximum atomic E-state index is 11.4. The van der Waals surface area contributed by atoms with Gasteiger partial charge in [0.15, 0.2) is 5.96 Å². The highest BCUT2D eigenvalue weighted by Gasteiger charge is 2.11. The highest BCUT2D eigenvalue weighted by molar-refractivity contribution is 7.89. The molecule has 7 nitrogen and oxygen atoms in total. The molecule has 1 amide bonds. The summed E-state index contributed by atoms with van der Waals surface area (Å²) in [6, 6.07) is 5.12. The molecule has 16 heavy (non-hydrogen) atoms. The first-order valence-electron chi connectivity index (χ1n) is 4.07. The monoisotopic (exact) mass is 242 g/mol. The van der Waals surface area contributed by atoms with Gasteiger partial charge in [-0.25, -0.2) is 13.6 Å². The summed E-state index contributed by atoms with van der Waals surface area (Å²) in [6.45, 7) is 0. The van der Waals surface area contributed by atoms with Gasteiger partial charge >= 0.3 is 0 Å². The highest BCUT2D eigenvalue weighted by atomic mass is 32.2. The summed E-state index contributed by atoms with van der Waals surface area (Å²) in [5.74, 6) is -1.13. The van der Waals surface area contributed by atoms with Crippen LogP contribution in [0, 0.1) is 0 Å². The van der Waals surface area contributed by atoms with Gasteiger partial charge in [-0.15, -0.1) is 0 Å². The average Bonchev–Trinajstić information content (AvgIpc) is 2.15. The SMILES string of the molecule is NC(N)=NC(=O)c1cccc(S(N)(=O)=O)c1. The normalized spacial score (nSPS) is 10.8. The molecule has 0 saturated carbocycles. The number of sulfonamides is 1. The first-order chi connectivity index (χ1) is 7.30. The van der Waals surface area contributed by atoms with Crippen molar-refractivity contribution in [1.29, 1.82) is 0 Å². The van der Waals surface area contributed by atoms with Crippen LogP contribution in [-0.2, 0) is 10.0 Å². The average molecular weight is 242 g/mol. The number of nitrogens with two attached hydrogens (primary N) is 3. The molecule has 1 aromatic carbocycles. The van der Waals surface area contributed by atoms with Gasteiger partial charge in [0, 0.05) is 5.56 Å². The second kappa shape index (κ2) is 4.29. The number of amides is 1. The molecule has 0 fully saturated rings. The molecule has 0 heterocycles. The number of aliphatic imine (C=N–C) groups is 1. The summed E-state index contributed by atoms with van der Waals surface area (Å²) in [4.78, 5) is 14.4. The van der Waals surface area contributed by atoms with Crippen molar-refractivity contribution in [3.63, 3.8) is 0 Å². The second-order valence-electron chi connectivity index (χ2n) is 2.91. The Bertz CT molecular complexity index is 546. The zero-order chi connectivity index (χ0) is 12.3. The molecular weight excluding hydrogens is 232 g/mol. The molecule has 0 radical (unpaired) electrons. The first kappa shape index (κ1) is 12.1. The number of benzene rings is 1. The van der Waals surface area contributed by atoms with Crippen LogP contribution in [0.2, 0.25) is 0 Å². The zero-order valence-electron chi connectivity index (χ0n) is 8.12. The quantitative estimate of drug-likeness (QED) is 0.438. The maximum absolute atomic E-state index is 11.4. The number of carbonyl (C=O) groups excluding carboxylic acids is 1. The van der Waals surface area contributed by atoms with Gasteiger partial charge in [0.1, 0.15) is 0 Å². The van der Waals surface area contributed by atoms with E-state index in [1.165, 1.54) is 18.2 Å². The minimum atomic E-state index is -3.85. The van der Waals surface area contributed by atoms with Crippen LogP contribution in [0.25, 0.3) is 0 Å². The molecule has 0 bridgehead atoms. The van der Waals surface area contributed by atoms with E-state index in [4.69, 9.17) is 16.6 Å². The van der Waals surface area contributed by atoms with E-state index in [9.17, 15) is 13.2 Å². The Morgan fingerprint density at radius 3 is 2.38 bits per heavy atom. The fourth-order valence-corrected chi connectivity index (χ4v) is 1.55. The van der Waals surface area contributed by atoms with Crippen molar-refractivity contribution in [2.24, 2.45) is 21.6 Å². The Morgan fingerprint density at radius 2 is 1.88 bits per heavy atom. The van der Waals surface area contributed by atoms with Crippen LogP contribution in [0.3, 0.4) is 0 Å². The molecule has 8 heteroatoms. The third kappa shape index (κ3) is 3.04. The summed E-state index contributed by atoms with van der Waals surface area (Å²) in [7, 11) is -3.85. The molecule has 0 atom stereocenters. The fourth-order valence-electron chi connectivity index (χ4n) is 0.988. The number of primary sulfonamides is 1. The number of hydrogen-bond donors (Lipinski definition) is 3. The Hall–Kier alpha value is -1.93. The third-order valence-electron chi connectivity index (χ3n) is 1.64. The molecule has 6 N–H and O–H groups in total. The van der Waals surface area contributed by atoms with Crippen LogP contribution >= 0.6 is 0 Å². The standard InChI is InChI=1S/C8H10N4O3S/c9-8(10)12-7(13)5-2-1-3-6(4-5)16(11,14)15/h1-4H,(H2,11,14,15)(H4,9,10,12,13). The molecule has 0 spiro atoms. The lowest BCUT2D eigenvalue weighted by molar-refractivity contribution is 0.100. The number of nitrogens with zero attached hydrogens (tertiary/aromatic N) is 1. The Morgan fingerprint density at radius 1 is 1.25 bits per heavy atom. The molecule has 0 aliphatic rings. The third-order valence-corrected chi connectivity index (χ3v) is 2.55. The highest BCUT2D eigenvalue weighted by Crippen LogP contribution is 2.10. The van der Waals surface area contributed by atoms with Gasteiger partial charge in [0.25, 0.3) is 5.91 Å². The predicted octanol–water partition coefficient (Wildman–Crippen LogP) is -1.25. The Labute approximate surface area is 92.0 Å². The molecule has 0 unspecified atom stereocenters. The van der Waals surface area contributed by atoms with E-state index >= 15 is 0 Å². The Kier molecular flexibility index (Phi) is 3.25. The van der Waals surface area contributed by atoms with Gasteiger partial charge in [0.2, 0.25) is 10.0 Å². The number of rotatable bonds is 2. The van der Waals surface area contributed by atoms with E-state index in [1.807, 2.05) is 0 Å². The van der Waals surface area contributed by atoms with Gasteiger partial charge in [-0.2, -0.15) is 4.99 Å². The molecule has 1 aromatic rings. The van der Waals surface area contributed by atoms with E-state index in [0.717, 1.165) is 6.07 Å². The lowest BCUT2D eigenvalue weighted by atomic mass is 10.2. The Balaban J connectivity index is 3.19. The summed E-state index contributed by atoms with van der Waals surface area (Å²) >= 11 is 0. The zero-order valence-corrected chi connectivity index (χ0v) is 8.94. The lowest BCUT2D eigenvalue weighted by Crippen LogP contribution is -2.24. The summed E-state index contributed by atoms with van der Waals surface area (Å²) in [5, 5.41) is 4.90. The number of guanidine groups is 1. The van der Waals surface area contributed by atoms with Crippen molar-refractivity contribution >= 4 is 21.9 Å².